The number of hydrogen-bond donors (Lipinski definition) is 1. The number of nitrogens with one attached hydrogen (secondary N) is 1. The van der Waals surface area contributed by atoms with Crippen LogP contribution < -0.4 is 10.9 Å². The van der Waals surface area contributed by atoms with Gasteiger partial charge in [0.1, 0.15) is 5.82 Å². The molecule has 7 nitrogen and oxygen atoms in total. The Kier molecular flexibility index (Phi) is 5.07. The lowest BCUT2D eigenvalue weighted by molar-refractivity contribution is -0.119. The van der Waals surface area contributed by atoms with Crippen LogP contribution in [-0.4, -0.2) is 28.0 Å². The highest BCUT2D eigenvalue weighted by molar-refractivity contribution is 6.30. The molecule has 0 spiro atoms. The number of carbonyl (C=O) groups is 2. The molecule has 0 saturated carbocycles. The van der Waals surface area contributed by atoms with Crippen molar-refractivity contribution in [3.8, 4) is 0 Å². The molecule has 0 saturated heterocycles. The van der Waals surface area contributed by atoms with Crippen molar-refractivity contribution in [3.63, 3.8) is 0 Å². The second-order valence-electron chi connectivity index (χ2n) is 6.90. The van der Waals surface area contributed by atoms with Gasteiger partial charge in [0.2, 0.25) is 0 Å². The highest BCUT2D eigenvalue weighted by Crippen LogP contribution is 2.20. The van der Waals surface area contributed by atoms with Crippen LogP contribution in [0.25, 0.3) is 10.9 Å². The van der Waals surface area contributed by atoms with Gasteiger partial charge in [-0.3, -0.25) is 14.2 Å². The highest BCUT2D eigenvalue weighted by Gasteiger charge is 2.18. The molecule has 1 aromatic heterocycles. The molecular formula is C21H18ClN3O4. The number of aryl methyl sites for hydroxylation is 2. The minimum Gasteiger partial charge on any atom is -0.452 e. The number of amides is 1. The third kappa shape index (κ3) is 3.86. The molecule has 148 valence electrons. The van der Waals surface area contributed by atoms with Gasteiger partial charge in [0.25, 0.3) is 11.5 Å². The zero-order valence-corrected chi connectivity index (χ0v) is 16.5. The monoisotopic (exact) mass is 411 g/mol. The standard InChI is InChI=1S/C21H18ClN3O4/c1-12-9-14(22)5-7-16(12)24-19(26)11-29-21(28)13-4-6-15-17(10-13)23-18-3-2-8-25(18)20(15)27/h4-7,9-10H,2-3,8,11H2,1H3,(H,24,26). The maximum absolute atomic E-state index is 12.5. The summed E-state index contributed by atoms with van der Waals surface area (Å²) in [5.74, 6) is -0.387. The molecule has 0 atom stereocenters. The third-order valence-corrected chi connectivity index (χ3v) is 5.08. The number of ether oxygens (including phenoxy) is 1. The molecule has 0 bridgehead atoms. The molecule has 1 aliphatic heterocycles. The second-order valence-corrected chi connectivity index (χ2v) is 7.34. The van der Waals surface area contributed by atoms with Gasteiger partial charge in [0.05, 0.1) is 16.5 Å². The SMILES string of the molecule is Cc1cc(Cl)ccc1NC(=O)COC(=O)c1ccc2c(=O)n3c(nc2c1)CCC3. The lowest BCUT2D eigenvalue weighted by atomic mass is 10.1. The Balaban J connectivity index is 1.45. The molecule has 2 heterocycles. The number of rotatable bonds is 4. The lowest BCUT2D eigenvalue weighted by Gasteiger charge is -2.10. The van der Waals surface area contributed by atoms with E-state index in [1.807, 2.05) is 6.92 Å². The van der Waals surface area contributed by atoms with Crippen LogP contribution in [0.15, 0.2) is 41.2 Å². The Bertz CT molecular complexity index is 1200. The Morgan fingerprint density at radius 3 is 2.86 bits per heavy atom. The number of nitrogens with zero attached hydrogens (tertiary/aromatic N) is 2. The van der Waals surface area contributed by atoms with Crippen molar-refractivity contribution >= 4 is 40.1 Å². The molecule has 1 aliphatic rings. The number of hydrogen-bond acceptors (Lipinski definition) is 5. The van der Waals surface area contributed by atoms with Gasteiger partial charge in [-0.1, -0.05) is 11.6 Å². The van der Waals surface area contributed by atoms with Crippen molar-refractivity contribution in [3.05, 3.63) is 68.7 Å². The first-order chi connectivity index (χ1) is 13.9. The first-order valence-corrected chi connectivity index (χ1v) is 9.57. The van der Waals surface area contributed by atoms with Crippen molar-refractivity contribution < 1.29 is 14.3 Å². The number of anilines is 1. The van der Waals surface area contributed by atoms with Gasteiger partial charge >= 0.3 is 5.97 Å². The summed E-state index contributed by atoms with van der Waals surface area (Å²) >= 11 is 5.90. The number of esters is 1. The van der Waals surface area contributed by atoms with Crippen molar-refractivity contribution in [1.82, 2.24) is 9.55 Å². The molecule has 2 aromatic carbocycles. The van der Waals surface area contributed by atoms with Gasteiger partial charge in [0.15, 0.2) is 6.61 Å². The molecule has 1 amide bonds. The molecular weight excluding hydrogens is 394 g/mol. The summed E-state index contributed by atoms with van der Waals surface area (Å²) in [6.45, 7) is 2.05. The summed E-state index contributed by atoms with van der Waals surface area (Å²) in [6, 6.07) is 9.69. The van der Waals surface area contributed by atoms with E-state index in [0.717, 1.165) is 24.2 Å². The Labute approximate surface area is 171 Å². The van der Waals surface area contributed by atoms with Crippen molar-refractivity contribution in [2.45, 2.75) is 26.3 Å². The summed E-state index contributed by atoms with van der Waals surface area (Å²) in [5, 5.41) is 3.71. The van der Waals surface area contributed by atoms with Crippen LogP contribution in [0.1, 0.15) is 28.2 Å². The van der Waals surface area contributed by atoms with Crippen molar-refractivity contribution in [1.29, 1.82) is 0 Å². The second kappa shape index (κ2) is 7.67. The maximum Gasteiger partial charge on any atom is 0.338 e. The van der Waals surface area contributed by atoms with Gasteiger partial charge in [0, 0.05) is 23.7 Å². The summed E-state index contributed by atoms with van der Waals surface area (Å²) < 4.78 is 6.78. The average Bonchev–Trinajstić information content (AvgIpc) is 3.17. The maximum atomic E-state index is 12.5. The number of carbonyl (C=O) groups excluding carboxylic acids is 2. The predicted octanol–water partition coefficient (Wildman–Crippen LogP) is 3.10. The summed E-state index contributed by atoms with van der Waals surface area (Å²) in [7, 11) is 0. The lowest BCUT2D eigenvalue weighted by Crippen LogP contribution is -2.22. The van der Waals surface area contributed by atoms with E-state index in [1.54, 1.807) is 28.8 Å². The predicted molar refractivity (Wildman–Crippen MR) is 109 cm³/mol. The number of fused-ring (bicyclic) bond motifs is 2. The quantitative estimate of drug-likeness (QED) is 0.666. The van der Waals surface area contributed by atoms with Gasteiger partial charge in [-0.25, -0.2) is 9.78 Å². The van der Waals surface area contributed by atoms with E-state index >= 15 is 0 Å². The molecule has 3 aromatic rings. The number of benzene rings is 2. The molecule has 4 rings (SSSR count). The first kappa shape index (κ1) is 19.1. The van der Waals surface area contributed by atoms with Crippen LogP contribution >= 0.6 is 11.6 Å². The molecule has 0 unspecified atom stereocenters. The van der Waals surface area contributed by atoms with E-state index < -0.39 is 18.5 Å². The fraction of sp³-hybridized carbons (Fsp3) is 0.238. The average molecular weight is 412 g/mol. The van der Waals surface area contributed by atoms with Crippen LogP contribution in [0.2, 0.25) is 5.02 Å². The van der Waals surface area contributed by atoms with Crippen molar-refractivity contribution in [2.75, 3.05) is 11.9 Å². The van der Waals surface area contributed by atoms with Crippen LogP contribution in [0, 0.1) is 6.92 Å². The van der Waals surface area contributed by atoms with Crippen LogP contribution in [0.3, 0.4) is 0 Å². The van der Waals surface area contributed by atoms with Gasteiger partial charge < -0.3 is 10.1 Å². The molecule has 0 fully saturated rings. The van der Waals surface area contributed by atoms with E-state index in [4.69, 9.17) is 16.3 Å². The number of halogens is 1. The van der Waals surface area contributed by atoms with Crippen LogP contribution in [-0.2, 0) is 22.5 Å². The Morgan fingerprint density at radius 1 is 1.24 bits per heavy atom. The minimum atomic E-state index is -0.655. The molecule has 0 radical (unpaired) electrons. The van der Waals surface area contributed by atoms with Gasteiger partial charge in [-0.05, 0) is 55.3 Å². The molecule has 1 N–H and O–H groups in total. The fourth-order valence-electron chi connectivity index (χ4n) is 3.38. The largest absolute Gasteiger partial charge is 0.452 e. The van der Waals surface area contributed by atoms with E-state index in [1.165, 1.54) is 12.1 Å². The summed E-state index contributed by atoms with van der Waals surface area (Å²) in [5.41, 5.74) is 2.00. The molecule has 8 heteroatoms. The normalized spacial score (nSPS) is 12.6. The highest BCUT2D eigenvalue weighted by atomic mass is 35.5. The molecule has 0 aliphatic carbocycles. The summed E-state index contributed by atoms with van der Waals surface area (Å²) in [6.07, 6.45) is 1.62. The zero-order chi connectivity index (χ0) is 20.5. The Morgan fingerprint density at radius 2 is 2.07 bits per heavy atom. The van der Waals surface area contributed by atoms with Gasteiger partial charge in [-0.15, -0.1) is 0 Å². The molecule has 29 heavy (non-hydrogen) atoms. The van der Waals surface area contributed by atoms with E-state index in [-0.39, 0.29) is 11.1 Å². The smallest absolute Gasteiger partial charge is 0.338 e. The van der Waals surface area contributed by atoms with Crippen molar-refractivity contribution in [2.24, 2.45) is 0 Å². The van der Waals surface area contributed by atoms with Gasteiger partial charge in [-0.2, -0.15) is 0 Å². The van der Waals surface area contributed by atoms with E-state index in [0.29, 0.717) is 28.2 Å². The minimum absolute atomic E-state index is 0.0971. The first-order valence-electron chi connectivity index (χ1n) is 9.19. The zero-order valence-electron chi connectivity index (χ0n) is 15.7. The third-order valence-electron chi connectivity index (χ3n) is 4.85. The fourth-order valence-corrected chi connectivity index (χ4v) is 3.61. The topological polar surface area (TPSA) is 90.3 Å². The Hall–Kier alpha value is -3.19. The van der Waals surface area contributed by atoms with E-state index in [2.05, 4.69) is 10.3 Å². The van der Waals surface area contributed by atoms with E-state index in [9.17, 15) is 14.4 Å². The number of aromatic nitrogens is 2. The van der Waals surface area contributed by atoms with Crippen LogP contribution in [0.5, 0.6) is 0 Å². The summed E-state index contributed by atoms with van der Waals surface area (Å²) in [4.78, 5) is 41.4. The van der Waals surface area contributed by atoms with Crippen LogP contribution in [0.4, 0.5) is 5.69 Å².